The Morgan fingerprint density at radius 1 is 1.29 bits per heavy atom. The van der Waals surface area contributed by atoms with Crippen LogP contribution in [-0.2, 0) is 4.79 Å². The number of rotatable bonds is 5. The molecule has 1 aliphatic carbocycles. The van der Waals surface area contributed by atoms with E-state index >= 15 is 0 Å². The van der Waals surface area contributed by atoms with Gasteiger partial charge in [-0.05, 0) is 25.7 Å². The third-order valence-corrected chi connectivity index (χ3v) is 3.47. The van der Waals surface area contributed by atoms with Gasteiger partial charge in [0.1, 0.15) is 0 Å². The Labute approximate surface area is 102 Å². The summed E-state index contributed by atoms with van der Waals surface area (Å²) in [5.41, 5.74) is 0. The number of carbonyl (C=O) groups excluding carboxylic acids is 1. The van der Waals surface area contributed by atoms with E-state index in [2.05, 4.69) is 10.6 Å². The van der Waals surface area contributed by atoms with Crippen LogP contribution in [0.15, 0.2) is 0 Å². The molecule has 0 aromatic heterocycles. The van der Waals surface area contributed by atoms with E-state index in [9.17, 15) is 9.59 Å². The Morgan fingerprint density at radius 2 is 1.94 bits per heavy atom. The lowest BCUT2D eigenvalue weighted by Crippen LogP contribution is -2.48. The predicted octanol–water partition coefficient (Wildman–Crippen LogP) is 1.73. The van der Waals surface area contributed by atoms with Crippen LogP contribution in [0.5, 0.6) is 0 Å². The molecular weight excluding hydrogens is 220 g/mol. The number of hydrogen-bond donors (Lipinski definition) is 3. The molecule has 0 saturated heterocycles. The van der Waals surface area contributed by atoms with Gasteiger partial charge in [0.15, 0.2) is 0 Å². The van der Waals surface area contributed by atoms with Crippen molar-refractivity contribution in [2.24, 2.45) is 5.92 Å². The van der Waals surface area contributed by atoms with E-state index in [1.54, 1.807) is 0 Å². The van der Waals surface area contributed by atoms with E-state index in [1.165, 1.54) is 0 Å². The maximum absolute atomic E-state index is 11.7. The largest absolute Gasteiger partial charge is 0.481 e. The molecule has 1 aliphatic rings. The van der Waals surface area contributed by atoms with Crippen LogP contribution in [0.4, 0.5) is 4.79 Å². The topological polar surface area (TPSA) is 78.4 Å². The van der Waals surface area contributed by atoms with Crippen LogP contribution in [0, 0.1) is 5.92 Å². The Kier molecular flexibility index (Phi) is 5.25. The summed E-state index contributed by atoms with van der Waals surface area (Å²) in [6.07, 6.45) is 4.05. The summed E-state index contributed by atoms with van der Waals surface area (Å²) in [5.74, 6) is -1.24. The second kappa shape index (κ2) is 6.47. The normalized spacial score (nSPS) is 23.7. The highest BCUT2D eigenvalue weighted by Crippen LogP contribution is 2.25. The third-order valence-electron chi connectivity index (χ3n) is 3.47. The quantitative estimate of drug-likeness (QED) is 0.687. The Hall–Kier alpha value is -1.26. The molecule has 0 bridgehead atoms. The molecule has 0 radical (unpaired) electrons. The molecule has 2 atom stereocenters. The van der Waals surface area contributed by atoms with Crippen molar-refractivity contribution in [3.63, 3.8) is 0 Å². The van der Waals surface area contributed by atoms with E-state index in [0.29, 0.717) is 6.42 Å². The molecule has 2 unspecified atom stereocenters. The zero-order valence-electron chi connectivity index (χ0n) is 10.5. The van der Waals surface area contributed by atoms with Gasteiger partial charge in [0.2, 0.25) is 0 Å². The number of nitrogens with one attached hydrogen (secondary N) is 2. The van der Waals surface area contributed by atoms with Crippen molar-refractivity contribution < 1.29 is 14.7 Å². The second-order valence-corrected chi connectivity index (χ2v) is 4.61. The van der Waals surface area contributed by atoms with Gasteiger partial charge in [-0.15, -0.1) is 0 Å². The minimum atomic E-state index is -0.810. The summed E-state index contributed by atoms with van der Waals surface area (Å²) in [5, 5.41) is 14.6. The number of hydrogen-bond acceptors (Lipinski definition) is 2. The van der Waals surface area contributed by atoms with E-state index in [4.69, 9.17) is 5.11 Å². The van der Waals surface area contributed by atoms with Crippen molar-refractivity contribution in [2.75, 3.05) is 0 Å². The minimum Gasteiger partial charge on any atom is -0.481 e. The molecule has 3 N–H and O–H groups in total. The summed E-state index contributed by atoms with van der Waals surface area (Å²) in [6.45, 7) is 4.04. The molecule has 5 nitrogen and oxygen atoms in total. The highest BCUT2D eigenvalue weighted by atomic mass is 16.4. The van der Waals surface area contributed by atoms with Crippen LogP contribution < -0.4 is 10.6 Å². The standard InChI is InChI=1S/C12H22N2O3/c1-3-8(4-2)13-12(17)14-10-7-5-6-9(10)11(15)16/h8-10H,3-7H2,1-2H3,(H,15,16)(H2,13,14,17). The van der Waals surface area contributed by atoms with Crippen LogP contribution in [0.25, 0.3) is 0 Å². The molecule has 17 heavy (non-hydrogen) atoms. The van der Waals surface area contributed by atoms with Gasteiger partial charge in [-0.3, -0.25) is 4.79 Å². The van der Waals surface area contributed by atoms with Gasteiger partial charge in [-0.25, -0.2) is 4.79 Å². The molecule has 0 aromatic rings. The molecule has 5 heteroatoms. The van der Waals surface area contributed by atoms with E-state index in [-0.39, 0.29) is 18.1 Å². The van der Waals surface area contributed by atoms with Crippen LogP contribution in [0.3, 0.4) is 0 Å². The number of amides is 2. The van der Waals surface area contributed by atoms with Crippen molar-refractivity contribution in [3.05, 3.63) is 0 Å². The van der Waals surface area contributed by atoms with Gasteiger partial charge in [-0.1, -0.05) is 20.3 Å². The molecule has 0 aromatic carbocycles. The fourth-order valence-corrected chi connectivity index (χ4v) is 2.32. The lowest BCUT2D eigenvalue weighted by Gasteiger charge is -2.21. The Morgan fingerprint density at radius 3 is 2.47 bits per heavy atom. The first-order valence-electron chi connectivity index (χ1n) is 6.38. The molecule has 0 heterocycles. The summed E-state index contributed by atoms with van der Waals surface area (Å²) in [4.78, 5) is 22.6. The summed E-state index contributed by atoms with van der Waals surface area (Å²) in [7, 11) is 0. The van der Waals surface area contributed by atoms with Crippen molar-refractivity contribution in [2.45, 2.75) is 58.0 Å². The molecule has 1 rings (SSSR count). The SMILES string of the molecule is CCC(CC)NC(=O)NC1CCCC1C(=O)O. The number of carbonyl (C=O) groups is 2. The van der Waals surface area contributed by atoms with Crippen LogP contribution in [0.1, 0.15) is 46.0 Å². The first kappa shape index (κ1) is 13.8. The smallest absolute Gasteiger partial charge is 0.315 e. The fraction of sp³-hybridized carbons (Fsp3) is 0.833. The van der Waals surface area contributed by atoms with E-state index in [0.717, 1.165) is 25.7 Å². The Balaban J connectivity index is 2.42. The molecular formula is C12H22N2O3. The second-order valence-electron chi connectivity index (χ2n) is 4.61. The van der Waals surface area contributed by atoms with Crippen molar-refractivity contribution in [1.29, 1.82) is 0 Å². The first-order valence-corrected chi connectivity index (χ1v) is 6.38. The lowest BCUT2D eigenvalue weighted by molar-refractivity contribution is -0.142. The van der Waals surface area contributed by atoms with Gasteiger partial charge >= 0.3 is 12.0 Å². The molecule has 1 fully saturated rings. The van der Waals surface area contributed by atoms with Crippen molar-refractivity contribution in [1.82, 2.24) is 10.6 Å². The average Bonchev–Trinajstić information content (AvgIpc) is 2.74. The van der Waals surface area contributed by atoms with E-state index < -0.39 is 11.9 Å². The van der Waals surface area contributed by atoms with Crippen LogP contribution >= 0.6 is 0 Å². The molecule has 2 amide bonds. The van der Waals surface area contributed by atoms with Crippen LogP contribution in [0.2, 0.25) is 0 Å². The van der Waals surface area contributed by atoms with E-state index in [1.807, 2.05) is 13.8 Å². The summed E-state index contributed by atoms with van der Waals surface area (Å²) in [6, 6.07) is -0.293. The number of carboxylic acids is 1. The average molecular weight is 242 g/mol. The highest BCUT2D eigenvalue weighted by Gasteiger charge is 2.33. The monoisotopic (exact) mass is 242 g/mol. The first-order chi connectivity index (χ1) is 8.08. The maximum atomic E-state index is 11.7. The number of carboxylic acid groups (broad SMARTS) is 1. The van der Waals surface area contributed by atoms with Crippen LogP contribution in [-0.4, -0.2) is 29.2 Å². The lowest BCUT2D eigenvalue weighted by atomic mass is 10.0. The zero-order chi connectivity index (χ0) is 12.8. The van der Waals surface area contributed by atoms with Gasteiger partial charge < -0.3 is 15.7 Å². The molecule has 0 aliphatic heterocycles. The summed E-state index contributed by atoms with van der Waals surface area (Å²) >= 11 is 0. The van der Waals surface area contributed by atoms with Gasteiger partial charge in [0.05, 0.1) is 5.92 Å². The van der Waals surface area contributed by atoms with Crippen molar-refractivity contribution >= 4 is 12.0 Å². The minimum absolute atomic E-state index is 0.166. The fourth-order valence-electron chi connectivity index (χ4n) is 2.32. The summed E-state index contributed by atoms with van der Waals surface area (Å²) < 4.78 is 0. The van der Waals surface area contributed by atoms with Gasteiger partial charge in [0, 0.05) is 12.1 Å². The molecule has 0 spiro atoms. The molecule has 1 saturated carbocycles. The van der Waals surface area contributed by atoms with Gasteiger partial charge in [0.25, 0.3) is 0 Å². The third kappa shape index (κ3) is 3.91. The number of urea groups is 1. The zero-order valence-corrected chi connectivity index (χ0v) is 10.5. The predicted molar refractivity (Wildman–Crippen MR) is 64.8 cm³/mol. The Bertz CT molecular complexity index is 277. The number of aliphatic carboxylic acids is 1. The highest BCUT2D eigenvalue weighted by molar-refractivity contribution is 5.77. The maximum Gasteiger partial charge on any atom is 0.315 e. The molecule has 98 valence electrons. The van der Waals surface area contributed by atoms with Gasteiger partial charge in [-0.2, -0.15) is 0 Å². The van der Waals surface area contributed by atoms with Crippen molar-refractivity contribution in [3.8, 4) is 0 Å².